The third kappa shape index (κ3) is 9.47. The minimum absolute atomic E-state index is 0.0521. The molecule has 252 valence electrons. The molecule has 3 rings (SSSR count). The summed E-state index contributed by atoms with van der Waals surface area (Å²) >= 11 is 12.7. The number of hydrogen-bond donors (Lipinski definition) is 1. The number of thioether (sulfide) groups is 1. The van der Waals surface area contributed by atoms with E-state index < -0.39 is 59.6 Å². The van der Waals surface area contributed by atoms with Crippen LogP contribution in [0.2, 0.25) is 5.02 Å². The first kappa shape index (κ1) is 37.3. The molecule has 0 aromatic heterocycles. The number of sulfone groups is 1. The zero-order valence-electron chi connectivity index (χ0n) is 25.7. The fourth-order valence-corrected chi connectivity index (χ4v) is 7.22. The molecule has 0 unspecified atom stereocenters. The average Bonchev–Trinajstić information content (AvgIpc) is 3.02. The Morgan fingerprint density at radius 3 is 2.28 bits per heavy atom. The quantitative estimate of drug-likeness (QED) is 0.0789. The number of anilines is 3. The zero-order valence-corrected chi connectivity index (χ0v) is 28.8. The maximum absolute atomic E-state index is 13.9. The first-order chi connectivity index (χ1) is 22.1. The number of halogens is 2. The van der Waals surface area contributed by atoms with Crippen molar-refractivity contribution in [3.05, 3.63) is 84.9 Å². The Kier molecular flexibility index (Phi) is 12.8. The van der Waals surface area contributed by atoms with Gasteiger partial charge in [0.15, 0.2) is 9.84 Å². The Balaban J connectivity index is 2.03. The maximum Gasteiger partial charge on any atom is 0.417 e. The Hall–Kier alpha value is -4.12. The smallest absolute Gasteiger partial charge is 0.402 e. The van der Waals surface area contributed by atoms with Crippen molar-refractivity contribution in [3.8, 4) is 5.75 Å². The lowest BCUT2D eigenvalue weighted by Gasteiger charge is -2.22. The van der Waals surface area contributed by atoms with Crippen molar-refractivity contribution >= 4 is 85.2 Å². The summed E-state index contributed by atoms with van der Waals surface area (Å²) in [5.41, 5.74) is -0.327. The van der Waals surface area contributed by atoms with Gasteiger partial charge < -0.3 is 14.5 Å². The minimum atomic E-state index is -3.52. The van der Waals surface area contributed by atoms with Crippen LogP contribution < -0.4 is 19.9 Å². The van der Waals surface area contributed by atoms with E-state index in [2.05, 4.69) is 10.2 Å². The molecule has 0 aliphatic carbocycles. The van der Waals surface area contributed by atoms with Crippen molar-refractivity contribution in [3.63, 3.8) is 0 Å². The highest BCUT2D eigenvalue weighted by Crippen LogP contribution is 2.39. The number of alkyl halides is 1. The van der Waals surface area contributed by atoms with Crippen LogP contribution in [0.25, 0.3) is 0 Å². The van der Waals surface area contributed by atoms with Gasteiger partial charge in [-0.2, -0.15) is 0 Å². The predicted octanol–water partition coefficient (Wildman–Crippen LogP) is 6.90. The molecule has 0 saturated carbocycles. The standard InChI is InChI=1S/C29H31Cl2N5O9S2/c1-5-34(6-2)20-8-9-23(18(3)13-20)32-29(38)45-27-22(15-21(35(39)40)16-25(27)36(41)42)28(37)33(4)24-10-7-19(31)14-26(24)46-11-12-47(43,44)17-30/h7-10,13-16H,5-6,11-12,17H2,1-4H3,(H,32,38). The lowest BCUT2D eigenvalue weighted by atomic mass is 10.1. The van der Waals surface area contributed by atoms with Gasteiger partial charge in [0.1, 0.15) is 5.21 Å². The van der Waals surface area contributed by atoms with Gasteiger partial charge in [-0.3, -0.25) is 30.3 Å². The number of amides is 2. The van der Waals surface area contributed by atoms with Crippen LogP contribution >= 0.6 is 35.0 Å². The van der Waals surface area contributed by atoms with Gasteiger partial charge in [-0.25, -0.2) is 13.2 Å². The van der Waals surface area contributed by atoms with Crippen molar-refractivity contribution in [2.75, 3.05) is 52.0 Å². The first-order valence-electron chi connectivity index (χ1n) is 13.9. The van der Waals surface area contributed by atoms with Crippen molar-refractivity contribution in [1.82, 2.24) is 0 Å². The molecule has 14 nitrogen and oxygen atoms in total. The third-order valence-corrected chi connectivity index (χ3v) is 10.6. The molecule has 0 bridgehead atoms. The van der Waals surface area contributed by atoms with E-state index in [1.165, 1.54) is 25.2 Å². The Morgan fingerprint density at radius 1 is 1.02 bits per heavy atom. The number of nitro groups is 2. The normalized spacial score (nSPS) is 11.1. The number of rotatable bonds is 14. The number of nitro benzene ring substituents is 2. The van der Waals surface area contributed by atoms with Gasteiger partial charge in [0, 0.05) is 53.2 Å². The first-order valence-corrected chi connectivity index (χ1v) is 17.6. The van der Waals surface area contributed by atoms with Crippen molar-refractivity contribution in [2.45, 2.75) is 25.7 Å². The van der Waals surface area contributed by atoms with Gasteiger partial charge in [0.25, 0.3) is 11.6 Å². The average molecular weight is 729 g/mol. The number of ether oxygens (including phenoxy) is 1. The second kappa shape index (κ2) is 16.1. The van der Waals surface area contributed by atoms with Gasteiger partial charge in [-0.05, 0) is 62.7 Å². The van der Waals surface area contributed by atoms with E-state index >= 15 is 0 Å². The summed E-state index contributed by atoms with van der Waals surface area (Å²) in [7, 11) is -2.23. The van der Waals surface area contributed by atoms with Crippen molar-refractivity contribution < 1.29 is 32.6 Å². The molecular weight excluding hydrogens is 697 g/mol. The summed E-state index contributed by atoms with van der Waals surface area (Å²) in [6.45, 7) is 7.25. The number of non-ortho nitro benzene ring substituents is 1. The van der Waals surface area contributed by atoms with Crippen molar-refractivity contribution in [1.29, 1.82) is 0 Å². The van der Waals surface area contributed by atoms with Crippen molar-refractivity contribution in [2.24, 2.45) is 0 Å². The second-order valence-electron chi connectivity index (χ2n) is 9.92. The van der Waals surface area contributed by atoms with E-state index in [1.807, 2.05) is 19.9 Å². The summed E-state index contributed by atoms with van der Waals surface area (Å²) in [4.78, 5) is 52.3. The van der Waals surface area contributed by atoms with Gasteiger partial charge in [0.05, 0.1) is 32.9 Å². The number of carbonyl (C=O) groups is 2. The van der Waals surface area contributed by atoms with Gasteiger partial charge in [-0.1, -0.05) is 11.6 Å². The summed E-state index contributed by atoms with van der Waals surface area (Å²) in [6, 6.07) is 11.0. The molecule has 47 heavy (non-hydrogen) atoms. The van der Waals surface area contributed by atoms with Crippen LogP contribution in [0.4, 0.5) is 33.2 Å². The minimum Gasteiger partial charge on any atom is -0.402 e. The van der Waals surface area contributed by atoms with Gasteiger partial charge >= 0.3 is 11.8 Å². The number of aryl methyl sites for hydroxylation is 1. The highest BCUT2D eigenvalue weighted by molar-refractivity contribution is 8.01. The van der Waals surface area contributed by atoms with Crippen LogP contribution in [0.1, 0.15) is 29.8 Å². The van der Waals surface area contributed by atoms with Crippen LogP contribution in [0, 0.1) is 27.2 Å². The van der Waals surface area contributed by atoms with Crippen LogP contribution in [0.5, 0.6) is 5.75 Å². The van der Waals surface area contributed by atoms with E-state index in [9.17, 15) is 38.2 Å². The molecule has 18 heteroatoms. The lowest BCUT2D eigenvalue weighted by Crippen LogP contribution is -2.28. The number of nitrogens with zero attached hydrogens (tertiary/aromatic N) is 4. The fraction of sp³-hybridized carbons (Fsp3) is 0.310. The lowest BCUT2D eigenvalue weighted by molar-refractivity contribution is -0.394. The highest BCUT2D eigenvalue weighted by atomic mass is 35.5. The number of hydrogen-bond acceptors (Lipinski definition) is 11. The Morgan fingerprint density at radius 2 is 1.70 bits per heavy atom. The van der Waals surface area contributed by atoms with E-state index in [-0.39, 0.29) is 22.2 Å². The Bertz CT molecular complexity index is 1800. The summed E-state index contributed by atoms with van der Waals surface area (Å²) in [5.74, 6) is -2.04. The monoisotopic (exact) mass is 727 g/mol. The largest absolute Gasteiger partial charge is 0.417 e. The zero-order chi connectivity index (χ0) is 35.1. The van der Waals surface area contributed by atoms with Gasteiger partial charge in [-0.15, -0.1) is 23.4 Å². The molecule has 0 spiro atoms. The number of carbonyl (C=O) groups excluding carboxylic acids is 2. The molecule has 2 amide bonds. The predicted molar refractivity (Wildman–Crippen MR) is 184 cm³/mol. The van der Waals surface area contributed by atoms with E-state index in [1.54, 1.807) is 19.1 Å². The van der Waals surface area contributed by atoms with Crippen LogP contribution in [-0.2, 0) is 9.84 Å². The Labute approximate surface area is 285 Å². The highest BCUT2D eigenvalue weighted by Gasteiger charge is 2.33. The van der Waals surface area contributed by atoms with Crippen LogP contribution in [0.3, 0.4) is 0 Å². The van der Waals surface area contributed by atoms with Crippen LogP contribution in [-0.4, -0.2) is 67.1 Å². The van der Waals surface area contributed by atoms with E-state index in [0.29, 0.717) is 22.2 Å². The molecule has 0 saturated heterocycles. The molecule has 0 aliphatic rings. The second-order valence-corrected chi connectivity index (χ2v) is 14.3. The SMILES string of the molecule is CCN(CC)c1ccc(NC(=O)Oc2c(C(=O)N(C)c3ccc(Cl)cc3SCCS(=O)(=O)CCl)cc([N+](=O)[O-])cc2[N+](=O)[O-])c(C)c1. The molecule has 3 aromatic rings. The topological polar surface area (TPSA) is 182 Å². The summed E-state index contributed by atoms with van der Waals surface area (Å²) in [5, 5.41) is 25.9. The van der Waals surface area contributed by atoms with E-state index in [0.717, 1.165) is 41.5 Å². The maximum atomic E-state index is 13.9. The molecule has 0 atom stereocenters. The van der Waals surface area contributed by atoms with E-state index in [4.69, 9.17) is 27.9 Å². The molecule has 0 fully saturated rings. The number of nitrogens with one attached hydrogen (secondary N) is 1. The molecule has 3 aromatic carbocycles. The molecule has 0 radical (unpaired) electrons. The molecule has 0 heterocycles. The summed E-state index contributed by atoms with van der Waals surface area (Å²) in [6.07, 6.45) is -1.18. The fourth-order valence-electron chi connectivity index (χ4n) is 4.41. The third-order valence-electron chi connectivity index (χ3n) is 6.87. The number of benzene rings is 3. The molecular formula is C29H31Cl2N5O9S2. The molecule has 0 aliphatic heterocycles. The summed E-state index contributed by atoms with van der Waals surface area (Å²) < 4.78 is 29.1. The molecule has 1 N–H and O–H groups in total. The van der Waals surface area contributed by atoms with Gasteiger partial charge in [0.2, 0.25) is 5.75 Å². The van der Waals surface area contributed by atoms with Crippen LogP contribution in [0.15, 0.2) is 53.4 Å².